The Morgan fingerprint density at radius 2 is 2.00 bits per heavy atom. The molecular formula is C12H15Cl2NO3S. The van der Waals surface area contributed by atoms with Gasteiger partial charge in [-0.2, -0.15) is 0 Å². The van der Waals surface area contributed by atoms with Crippen molar-refractivity contribution in [1.82, 2.24) is 4.72 Å². The summed E-state index contributed by atoms with van der Waals surface area (Å²) in [5.74, 6) is -0.224. The summed E-state index contributed by atoms with van der Waals surface area (Å²) in [5.41, 5.74) is 0.422. The van der Waals surface area contributed by atoms with Crippen molar-refractivity contribution in [3.63, 3.8) is 0 Å². The Morgan fingerprint density at radius 3 is 2.58 bits per heavy atom. The molecule has 1 N–H and O–H groups in total. The summed E-state index contributed by atoms with van der Waals surface area (Å²) in [6, 6.07) is 4.93. The molecule has 1 fully saturated rings. The van der Waals surface area contributed by atoms with E-state index in [1.54, 1.807) is 18.2 Å². The van der Waals surface area contributed by atoms with E-state index in [4.69, 9.17) is 27.9 Å². The first-order valence-electron chi connectivity index (χ1n) is 6.00. The van der Waals surface area contributed by atoms with Crippen molar-refractivity contribution >= 4 is 33.2 Å². The van der Waals surface area contributed by atoms with Gasteiger partial charge < -0.3 is 4.74 Å². The van der Waals surface area contributed by atoms with E-state index in [2.05, 4.69) is 4.72 Å². The molecule has 106 valence electrons. The normalized spacial score (nSPS) is 19.8. The van der Waals surface area contributed by atoms with Gasteiger partial charge in [0, 0.05) is 28.8 Å². The van der Waals surface area contributed by atoms with Gasteiger partial charge in [-0.25, -0.2) is 13.1 Å². The van der Waals surface area contributed by atoms with Crippen LogP contribution in [0.4, 0.5) is 0 Å². The minimum Gasteiger partial charge on any atom is -0.377 e. The molecule has 0 radical (unpaired) electrons. The van der Waals surface area contributed by atoms with Gasteiger partial charge in [0.2, 0.25) is 10.0 Å². The third kappa shape index (κ3) is 4.33. The van der Waals surface area contributed by atoms with Crippen LogP contribution in [0.15, 0.2) is 18.2 Å². The SMILES string of the molecule is O=S(=O)(Cc1c(Cl)cccc1Cl)NC[C@@H]1CCCO1. The zero-order chi connectivity index (χ0) is 13.9. The van der Waals surface area contributed by atoms with Crippen molar-refractivity contribution < 1.29 is 13.2 Å². The fraction of sp³-hybridized carbons (Fsp3) is 0.500. The summed E-state index contributed by atoms with van der Waals surface area (Å²) < 4.78 is 31.9. The van der Waals surface area contributed by atoms with Gasteiger partial charge in [0.1, 0.15) is 0 Å². The Labute approximate surface area is 123 Å². The van der Waals surface area contributed by atoms with Crippen molar-refractivity contribution in [1.29, 1.82) is 0 Å². The molecule has 4 nitrogen and oxygen atoms in total. The Bertz CT molecular complexity index is 522. The first-order valence-corrected chi connectivity index (χ1v) is 8.40. The summed E-state index contributed by atoms with van der Waals surface area (Å²) in [7, 11) is -3.47. The van der Waals surface area contributed by atoms with Crippen LogP contribution in [-0.2, 0) is 20.5 Å². The van der Waals surface area contributed by atoms with Crippen LogP contribution in [0.5, 0.6) is 0 Å². The zero-order valence-corrected chi connectivity index (χ0v) is 12.6. The third-order valence-electron chi connectivity index (χ3n) is 2.95. The Morgan fingerprint density at radius 1 is 1.32 bits per heavy atom. The first kappa shape index (κ1) is 15.1. The van der Waals surface area contributed by atoms with E-state index in [0.29, 0.717) is 28.8 Å². The average Bonchev–Trinajstić information content (AvgIpc) is 2.85. The van der Waals surface area contributed by atoms with E-state index in [1.807, 2.05) is 0 Å². The van der Waals surface area contributed by atoms with E-state index in [0.717, 1.165) is 12.8 Å². The summed E-state index contributed by atoms with van der Waals surface area (Å²) in [5, 5.41) is 0.713. The van der Waals surface area contributed by atoms with Crippen LogP contribution >= 0.6 is 23.2 Å². The number of hydrogen-bond acceptors (Lipinski definition) is 3. The molecule has 1 heterocycles. The van der Waals surface area contributed by atoms with Gasteiger partial charge in [0.15, 0.2) is 0 Å². The third-order valence-corrected chi connectivity index (χ3v) is 4.93. The first-order chi connectivity index (χ1) is 8.98. The molecule has 2 rings (SSSR count). The van der Waals surface area contributed by atoms with Gasteiger partial charge >= 0.3 is 0 Å². The van der Waals surface area contributed by atoms with Gasteiger partial charge in [0.25, 0.3) is 0 Å². The molecule has 7 heteroatoms. The number of ether oxygens (including phenoxy) is 1. The highest BCUT2D eigenvalue weighted by molar-refractivity contribution is 7.88. The molecule has 0 aliphatic carbocycles. The van der Waals surface area contributed by atoms with Crippen molar-refractivity contribution in [2.75, 3.05) is 13.2 Å². The monoisotopic (exact) mass is 323 g/mol. The highest BCUT2D eigenvalue weighted by Crippen LogP contribution is 2.26. The molecule has 19 heavy (non-hydrogen) atoms. The van der Waals surface area contributed by atoms with Crippen LogP contribution in [-0.4, -0.2) is 27.7 Å². The fourth-order valence-corrected chi connectivity index (χ4v) is 3.86. The van der Waals surface area contributed by atoms with Crippen molar-refractivity contribution in [2.24, 2.45) is 0 Å². The molecule has 0 saturated carbocycles. The van der Waals surface area contributed by atoms with Gasteiger partial charge in [-0.05, 0) is 25.0 Å². The number of rotatable bonds is 5. The maximum Gasteiger partial charge on any atom is 0.215 e. The van der Waals surface area contributed by atoms with E-state index < -0.39 is 10.0 Å². The smallest absolute Gasteiger partial charge is 0.215 e. The maximum absolute atomic E-state index is 12.0. The fourth-order valence-electron chi connectivity index (χ4n) is 1.94. The van der Waals surface area contributed by atoms with E-state index in [-0.39, 0.29) is 11.9 Å². The zero-order valence-electron chi connectivity index (χ0n) is 10.2. The molecular weight excluding hydrogens is 309 g/mol. The molecule has 0 aromatic heterocycles. The van der Waals surface area contributed by atoms with E-state index in [1.165, 1.54) is 0 Å². The second kappa shape index (κ2) is 6.41. The van der Waals surface area contributed by atoms with Crippen molar-refractivity contribution in [2.45, 2.75) is 24.7 Å². The molecule has 1 aliphatic heterocycles. The predicted molar refractivity (Wildman–Crippen MR) is 76.1 cm³/mol. The molecule has 1 saturated heterocycles. The molecule has 1 aromatic carbocycles. The summed E-state index contributed by atoms with van der Waals surface area (Å²) in [6.07, 6.45) is 1.83. The second-order valence-electron chi connectivity index (χ2n) is 4.44. The Balaban J connectivity index is 2.00. The van der Waals surface area contributed by atoms with E-state index >= 15 is 0 Å². The van der Waals surface area contributed by atoms with Crippen LogP contribution in [0.25, 0.3) is 0 Å². The summed E-state index contributed by atoms with van der Waals surface area (Å²) >= 11 is 11.9. The standard InChI is InChI=1S/C12H15Cl2NO3S/c13-11-4-1-5-12(14)10(11)8-19(16,17)15-7-9-3-2-6-18-9/h1,4-5,9,15H,2-3,6-8H2/t9-/m0/s1. The van der Waals surface area contributed by atoms with Crippen molar-refractivity contribution in [3.05, 3.63) is 33.8 Å². The second-order valence-corrected chi connectivity index (χ2v) is 7.06. The van der Waals surface area contributed by atoms with Crippen molar-refractivity contribution in [3.8, 4) is 0 Å². The molecule has 1 atom stereocenters. The Kier molecular flexibility index (Phi) is 5.09. The quantitative estimate of drug-likeness (QED) is 0.906. The number of halogens is 2. The lowest BCUT2D eigenvalue weighted by molar-refractivity contribution is 0.114. The van der Waals surface area contributed by atoms with Crippen LogP contribution in [0, 0.1) is 0 Å². The van der Waals surface area contributed by atoms with Crippen LogP contribution in [0.1, 0.15) is 18.4 Å². The molecule has 1 aliphatic rings. The lowest BCUT2D eigenvalue weighted by atomic mass is 10.2. The molecule has 0 bridgehead atoms. The minimum atomic E-state index is -3.47. The summed E-state index contributed by atoms with van der Waals surface area (Å²) in [6.45, 7) is 0.993. The molecule has 0 amide bonds. The van der Waals surface area contributed by atoms with Crippen LogP contribution < -0.4 is 4.72 Å². The number of hydrogen-bond donors (Lipinski definition) is 1. The predicted octanol–water partition coefficient (Wildman–Crippen LogP) is 2.59. The van der Waals surface area contributed by atoms with Gasteiger partial charge in [0.05, 0.1) is 11.9 Å². The number of benzene rings is 1. The number of sulfonamides is 1. The van der Waals surface area contributed by atoms with Gasteiger partial charge in [-0.3, -0.25) is 0 Å². The van der Waals surface area contributed by atoms with Crippen LogP contribution in [0.3, 0.4) is 0 Å². The minimum absolute atomic E-state index is 0.0310. The largest absolute Gasteiger partial charge is 0.377 e. The highest BCUT2D eigenvalue weighted by Gasteiger charge is 2.20. The highest BCUT2D eigenvalue weighted by atomic mass is 35.5. The lowest BCUT2D eigenvalue weighted by Crippen LogP contribution is -2.32. The average molecular weight is 324 g/mol. The van der Waals surface area contributed by atoms with Gasteiger partial charge in [-0.15, -0.1) is 0 Å². The molecule has 1 aromatic rings. The molecule has 0 spiro atoms. The number of nitrogens with one attached hydrogen (secondary N) is 1. The van der Waals surface area contributed by atoms with Gasteiger partial charge in [-0.1, -0.05) is 29.3 Å². The maximum atomic E-state index is 12.0. The molecule has 0 unspecified atom stereocenters. The van der Waals surface area contributed by atoms with E-state index in [9.17, 15) is 8.42 Å². The summed E-state index contributed by atoms with van der Waals surface area (Å²) in [4.78, 5) is 0. The topological polar surface area (TPSA) is 55.4 Å². The lowest BCUT2D eigenvalue weighted by Gasteiger charge is -2.12. The Hall–Kier alpha value is -0.330. The van der Waals surface area contributed by atoms with Crippen LogP contribution in [0.2, 0.25) is 10.0 Å².